The first kappa shape index (κ1) is 17.0. The van der Waals surface area contributed by atoms with Gasteiger partial charge in [-0.1, -0.05) is 52.8 Å². The minimum atomic E-state index is -0.0146. The second-order valence-electron chi connectivity index (χ2n) is 7.82. The van der Waals surface area contributed by atoms with Crippen LogP contribution in [0.2, 0.25) is 0 Å². The molecule has 0 aliphatic heterocycles. The summed E-state index contributed by atoms with van der Waals surface area (Å²) in [6.07, 6.45) is 1.73. The number of carbonyl (C=O) groups excluding carboxylic acids is 1. The molecule has 122 valence electrons. The maximum atomic E-state index is 12.9. The van der Waals surface area contributed by atoms with Crippen molar-refractivity contribution in [3.8, 4) is 0 Å². The van der Waals surface area contributed by atoms with Crippen LogP contribution in [-0.2, 0) is 11.2 Å². The highest BCUT2D eigenvalue weighted by Crippen LogP contribution is 2.58. The van der Waals surface area contributed by atoms with Gasteiger partial charge in [-0.25, -0.2) is 0 Å². The van der Waals surface area contributed by atoms with Gasteiger partial charge in [-0.2, -0.15) is 0 Å². The summed E-state index contributed by atoms with van der Waals surface area (Å²) in [5, 5.41) is 3.16. The third kappa shape index (κ3) is 2.79. The lowest BCUT2D eigenvalue weighted by atomic mass is 9.64. The Balaban J connectivity index is 2.20. The fourth-order valence-corrected chi connectivity index (χ4v) is 3.70. The van der Waals surface area contributed by atoms with Gasteiger partial charge in [0.15, 0.2) is 0 Å². The number of rotatable bonds is 4. The van der Waals surface area contributed by atoms with Crippen LogP contribution in [0.25, 0.3) is 0 Å². The topological polar surface area (TPSA) is 55.1 Å². The third-order valence-corrected chi connectivity index (χ3v) is 6.36. The van der Waals surface area contributed by atoms with Crippen LogP contribution in [-0.4, -0.2) is 12.5 Å². The van der Waals surface area contributed by atoms with Crippen molar-refractivity contribution in [1.82, 2.24) is 0 Å². The summed E-state index contributed by atoms with van der Waals surface area (Å²) in [7, 11) is 0. The molecule has 1 aliphatic carbocycles. The fourth-order valence-electron chi connectivity index (χ4n) is 3.70. The molecule has 1 aromatic carbocycles. The van der Waals surface area contributed by atoms with Gasteiger partial charge in [-0.3, -0.25) is 4.79 Å². The molecule has 3 nitrogen and oxygen atoms in total. The second-order valence-corrected chi connectivity index (χ2v) is 7.82. The summed E-state index contributed by atoms with van der Waals surface area (Å²) < 4.78 is 0. The summed E-state index contributed by atoms with van der Waals surface area (Å²) in [6.45, 7) is 11.9. The summed E-state index contributed by atoms with van der Waals surface area (Å²) in [5.41, 5.74) is 7.83. The van der Waals surface area contributed by atoms with Gasteiger partial charge in [-0.15, -0.1) is 0 Å². The maximum Gasteiger partial charge on any atom is 0.228 e. The number of benzene rings is 1. The van der Waals surface area contributed by atoms with Crippen molar-refractivity contribution in [2.75, 3.05) is 11.9 Å². The Morgan fingerprint density at radius 1 is 1.23 bits per heavy atom. The van der Waals surface area contributed by atoms with Gasteiger partial charge in [0.1, 0.15) is 0 Å². The molecule has 0 radical (unpaired) electrons. The molecule has 1 aromatic rings. The molecule has 3 N–H and O–H groups in total. The lowest BCUT2D eigenvalue weighted by Gasteiger charge is -2.40. The summed E-state index contributed by atoms with van der Waals surface area (Å²) >= 11 is 0. The molecule has 1 amide bonds. The highest BCUT2D eigenvalue weighted by atomic mass is 16.1. The first-order valence-electron chi connectivity index (χ1n) is 8.30. The molecule has 0 bridgehead atoms. The molecule has 0 aromatic heterocycles. The van der Waals surface area contributed by atoms with E-state index in [4.69, 9.17) is 5.73 Å². The van der Waals surface area contributed by atoms with E-state index in [0.717, 1.165) is 24.1 Å². The third-order valence-electron chi connectivity index (χ3n) is 6.36. The van der Waals surface area contributed by atoms with E-state index >= 15 is 0 Å². The number of para-hydroxylation sites is 1. The molecule has 1 saturated carbocycles. The largest absolute Gasteiger partial charge is 0.330 e. The van der Waals surface area contributed by atoms with Crippen LogP contribution in [0.5, 0.6) is 0 Å². The van der Waals surface area contributed by atoms with Gasteiger partial charge in [0, 0.05) is 11.6 Å². The van der Waals surface area contributed by atoms with Gasteiger partial charge in [0.05, 0.1) is 0 Å². The number of nitrogens with one attached hydrogen (secondary N) is 1. The Morgan fingerprint density at radius 2 is 1.86 bits per heavy atom. The summed E-state index contributed by atoms with van der Waals surface area (Å²) in [6, 6.07) is 7.96. The average Bonchev–Trinajstić information content (AvgIpc) is 2.61. The van der Waals surface area contributed by atoms with Crippen molar-refractivity contribution >= 4 is 11.6 Å². The normalized spacial score (nSPS) is 25.9. The van der Waals surface area contributed by atoms with Gasteiger partial charge in [0.25, 0.3) is 0 Å². The molecular formula is C19H30N2O. The Morgan fingerprint density at radius 3 is 2.41 bits per heavy atom. The van der Waals surface area contributed by atoms with Gasteiger partial charge >= 0.3 is 0 Å². The molecule has 3 heteroatoms. The smallest absolute Gasteiger partial charge is 0.228 e. The van der Waals surface area contributed by atoms with E-state index in [0.29, 0.717) is 12.5 Å². The number of carbonyl (C=O) groups is 1. The van der Waals surface area contributed by atoms with Crippen LogP contribution in [0.1, 0.15) is 46.6 Å². The lowest BCUT2D eigenvalue weighted by Crippen LogP contribution is -2.39. The van der Waals surface area contributed by atoms with Crippen LogP contribution in [0, 0.1) is 22.7 Å². The van der Waals surface area contributed by atoms with E-state index < -0.39 is 0 Å². The Bertz CT molecular complexity index is 548. The lowest BCUT2D eigenvalue weighted by molar-refractivity contribution is -0.123. The predicted octanol–water partition coefficient (Wildman–Crippen LogP) is 3.83. The zero-order chi connectivity index (χ0) is 16.5. The van der Waals surface area contributed by atoms with Crippen LogP contribution in [0.3, 0.4) is 0 Å². The first-order valence-corrected chi connectivity index (χ1v) is 8.30. The van der Waals surface area contributed by atoms with Crippen LogP contribution < -0.4 is 11.1 Å². The second kappa shape index (κ2) is 6.04. The van der Waals surface area contributed by atoms with E-state index in [1.807, 2.05) is 24.3 Å². The monoisotopic (exact) mass is 302 g/mol. The molecule has 0 saturated heterocycles. The number of amides is 1. The fraction of sp³-hybridized carbons (Fsp3) is 0.632. The molecule has 2 rings (SSSR count). The molecule has 1 aliphatic rings. The maximum absolute atomic E-state index is 12.9. The predicted molar refractivity (Wildman–Crippen MR) is 92.7 cm³/mol. The Hall–Kier alpha value is -1.35. The highest BCUT2D eigenvalue weighted by Gasteiger charge is 2.55. The standard InChI is InChI=1S/C19H30N2O/c1-13-12-15(19(4,5)18(13,2)3)17(22)21-16-9-7-6-8-14(16)10-11-20/h6-9,13,15H,10-12,20H2,1-5H3,(H,21,22)/t13-,15-/m1/s1. The molecule has 1 fully saturated rings. The summed E-state index contributed by atoms with van der Waals surface area (Å²) in [4.78, 5) is 12.9. The van der Waals surface area contributed by atoms with Crippen molar-refractivity contribution in [2.45, 2.75) is 47.5 Å². The van der Waals surface area contributed by atoms with Crippen molar-refractivity contribution in [3.05, 3.63) is 29.8 Å². The number of nitrogens with two attached hydrogens (primary N) is 1. The van der Waals surface area contributed by atoms with E-state index in [1.165, 1.54) is 0 Å². The minimum absolute atomic E-state index is 0.0146. The highest BCUT2D eigenvalue weighted by molar-refractivity contribution is 5.94. The van der Waals surface area contributed by atoms with E-state index in [-0.39, 0.29) is 22.7 Å². The zero-order valence-corrected chi connectivity index (χ0v) is 14.6. The number of anilines is 1. The van der Waals surface area contributed by atoms with E-state index in [2.05, 4.69) is 39.9 Å². The quantitative estimate of drug-likeness (QED) is 0.888. The molecule has 0 spiro atoms. The molecule has 0 unspecified atom stereocenters. The van der Waals surface area contributed by atoms with Crippen molar-refractivity contribution in [2.24, 2.45) is 28.4 Å². The zero-order valence-electron chi connectivity index (χ0n) is 14.6. The SMILES string of the molecule is C[C@@H]1C[C@H](C(=O)Nc2ccccc2CCN)C(C)(C)C1(C)C. The van der Waals surface area contributed by atoms with Crippen LogP contribution in [0.4, 0.5) is 5.69 Å². The van der Waals surface area contributed by atoms with Gasteiger partial charge in [0.2, 0.25) is 5.91 Å². The van der Waals surface area contributed by atoms with Crippen molar-refractivity contribution < 1.29 is 4.79 Å². The summed E-state index contributed by atoms with van der Waals surface area (Å²) in [5.74, 6) is 0.730. The molecular weight excluding hydrogens is 272 g/mol. The number of hydrogen-bond donors (Lipinski definition) is 2. The van der Waals surface area contributed by atoms with E-state index in [9.17, 15) is 4.79 Å². The van der Waals surface area contributed by atoms with Crippen LogP contribution in [0.15, 0.2) is 24.3 Å². The number of hydrogen-bond acceptors (Lipinski definition) is 2. The minimum Gasteiger partial charge on any atom is -0.330 e. The Labute approximate surface area is 134 Å². The molecule has 0 heterocycles. The molecule has 22 heavy (non-hydrogen) atoms. The van der Waals surface area contributed by atoms with Crippen molar-refractivity contribution in [3.63, 3.8) is 0 Å². The van der Waals surface area contributed by atoms with E-state index in [1.54, 1.807) is 0 Å². The first-order chi connectivity index (χ1) is 10.2. The van der Waals surface area contributed by atoms with Crippen molar-refractivity contribution in [1.29, 1.82) is 0 Å². The van der Waals surface area contributed by atoms with Gasteiger partial charge in [-0.05, 0) is 47.8 Å². The molecule has 2 atom stereocenters. The average molecular weight is 302 g/mol. The van der Waals surface area contributed by atoms with Gasteiger partial charge < -0.3 is 11.1 Å². The van der Waals surface area contributed by atoms with Crippen LogP contribution >= 0.6 is 0 Å². The Kier molecular flexibility index (Phi) is 4.67.